The van der Waals surface area contributed by atoms with Crippen LogP contribution in [0.4, 0.5) is 0 Å². The monoisotopic (exact) mass is 243 g/mol. The minimum absolute atomic E-state index is 0.593. The van der Waals surface area contributed by atoms with Crippen LogP contribution in [0.5, 0.6) is 0 Å². The van der Waals surface area contributed by atoms with Crippen molar-refractivity contribution in [2.75, 3.05) is 25.9 Å². The molecule has 0 aromatic rings. The smallest absolute Gasteiger partial charge is 0.156 e. The molecule has 1 atom stereocenters. The molecule has 0 radical (unpaired) electrons. The lowest BCUT2D eigenvalue weighted by molar-refractivity contribution is 0.269. The van der Waals surface area contributed by atoms with Crippen LogP contribution >= 0.6 is 11.8 Å². The van der Waals surface area contributed by atoms with Gasteiger partial charge in [0.2, 0.25) is 0 Å². The number of unbranched alkanes of at least 4 members (excludes halogenated alkanes) is 1. The van der Waals surface area contributed by atoms with Crippen LogP contribution in [-0.4, -0.2) is 48.0 Å². The van der Waals surface area contributed by atoms with Crippen molar-refractivity contribution in [2.24, 2.45) is 4.99 Å². The Hall–Kier alpha value is -0.220. The Labute approximate surface area is 104 Å². The van der Waals surface area contributed by atoms with Gasteiger partial charge in [0, 0.05) is 24.4 Å². The molecule has 0 aromatic heterocycles. The Morgan fingerprint density at radius 3 is 2.81 bits per heavy atom. The fraction of sp³-hybridized carbons (Fsp3) is 0.917. The molecule has 94 valence electrons. The van der Waals surface area contributed by atoms with Gasteiger partial charge in [-0.05, 0) is 47.2 Å². The average Bonchev–Trinajstić information content (AvgIpc) is 2.63. The van der Waals surface area contributed by atoms with E-state index in [0.29, 0.717) is 12.1 Å². The molecule has 0 saturated carbocycles. The van der Waals surface area contributed by atoms with Gasteiger partial charge in [0.15, 0.2) is 5.17 Å². The molecule has 1 rings (SSSR count). The number of hydrogen-bond donors (Lipinski definition) is 1. The van der Waals surface area contributed by atoms with Gasteiger partial charge in [0.1, 0.15) is 0 Å². The lowest BCUT2D eigenvalue weighted by atomic mass is 10.2. The molecule has 4 heteroatoms. The fourth-order valence-electron chi connectivity index (χ4n) is 1.50. The number of nitrogens with one attached hydrogen (secondary N) is 1. The minimum atomic E-state index is 0.593. The third kappa shape index (κ3) is 5.21. The minimum Gasteiger partial charge on any atom is -0.362 e. The third-order valence-corrected chi connectivity index (χ3v) is 4.08. The van der Waals surface area contributed by atoms with Crippen LogP contribution < -0.4 is 5.32 Å². The zero-order chi connectivity index (χ0) is 12.0. The maximum atomic E-state index is 4.57. The highest BCUT2D eigenvalue weighted by atomic mass is 32.2. The molecular weight excluding hydrogens is 218 g/mol. The summed E-state index contributed by atoms with van der Waals surface area (Å²) in [5.74, 6) is 1.16. The molecule has 0 amide bonds. The predicted molar refractivity (Wildman–Crippen MR) is 74.4 cm³/mol. The molecule has 0 bridgehead atoms. The van der Waals surface area contributed by atoms with Crippen molar-refractivity contribution in [2.45, 2.75) is 45.7 Å². The summed E-state index contributed by atoms with van der Waals surface area (Å²) < 4.78 is 0. The largest absolute Gasteiger partial charge is 0.362 e. The quantitative estimate of drug-likeness (QED) is 0.725. The summed E-state index contributed by atoms with van der Waals surface area (Å²) in [6, 6.07) is 1.25. The third-order valence-electron chi connectivity index (χ3n) is 2.90. The van der Waals surface area contributed by atoms with Crippen molar-refractivity contribution in [3.8, 4) is 0 Å². The second-order valence-electron chi connectivity index (χ2n) is 4.82. The second-order valence-corrected chi connectivity index (χ2v) is 5.83. The Bertz CT molecular complexity index is 228. The zero-order valence-electron chi connectivity index (χ0n) is 11.0. The van der Waals surface area contributed by atoms with Gasteiger partial charge in [-0.25, -0.2) is 0 Å². The van der Waals surface area contributed by atoms with Crippen LogP contribution in [0.2, 0.25) is 0 Å². The van der Waals surface area contributed by atoms with Crippen LogP contribution in [-0.2, 0) is 0 Å². The fourth-order valence-corrected chi connectivity index (χ4v) is 2.46. The van der Waals surface area contributed by atoms with E-state index in [1.165, 1.54) is 19.4 Å². The molecule has 0 aromatic carbocycles. The van der Waals surface area contributed by atoms with E-state index in [4.69, 9.17) is 0 Å². The lowest BCUT2D eigenvalue weighted by Gasteiger charge is -2.20. The number of nitrogens with zero attached hydrogens (tertiary/aromatic N) is 2. The first-order valence-electron chi connectivity index (χ1n) is 6.23. The van der Waals surface area contributed by atoms with E-state index in [1.54, 1.807) is 0 Å². The molecule has 1 N–H and O–H groups in total. The molecule has 3 nitrogen and oxygen atoms in total. The summed E-state index contributed by atoms with van der Waals surface area (Å²) in [6.45, 7) is 8.82. The molecule has 1 heterocycles. The van der Waals surface area contributed by atoms with E-state index in [2.05, 4.69) is 43.0 Å². The molecule has 1 fully saturated rings. The highest BCUT2D eigenvalue weighted by Crippen LogP contribution is 2.13. The van der Waals surface area contributed by atoms with E-state index >= 15 is 0 Å². The van der Waals surface area contributed by atoms with Gasteiger partial charge >= 0.3 is 0 Å². The van der Waals surface area contributed by atoms with Gasteiger partial charge in [-0.3, -0.25) is 4.99 Å². The zero-order valence-corrected chi connectivity index (χ0v) is 11.8. The highest BCUT2D eigenvalue weighted by molar-refractivity contribution is 8.14. The van der Waals surface area contributed by atoms with Crippen molar-refractivity contribution in [1.29, 1.82) is 0 Å². The van der Waals surface area contributed by atoms with Crippen molar-refractivity contribution in [1.82, 2.24) is 10.2 Å². The summed E-state index contributed by atoms with van der Waals surface area (Å²) in [5, 5.41) is 4.52. The Morgan fingerprint density at radius 2 is 2.25 bits per heavy atom. The summed E-state index contributed by atoms with van der Waals surface area (Å²) in [4.78, 5) is 6.95. The summed E-state index contributed by atoms with van der Waals surface area (Å²) >= 11 is 1.85. The normalized spacial score (nSPS) is 23.4. The number of amidine groups is 1. The molecule has 1 aliphatic heterocycles. The molecule has 0 spiro atoms. The van der Waals surface area contributed by atoms with Crippen molar-refractivity contribution >= 4 is 16.9 Å². The SMILES string of the molecule is CC1CSC(=NCCCCN(C)C(C)C)N1. The van der Waals surface area contributed by atoms with Crippen LogP contribution in [0.3, 0.4) is 0 Å². The van der Waals surface area contributed by atoms with Gasteiger partial charge < -0.3 is 10.2 Å². The van der Waals surface area contributed by atoms with E-state index in [-0.39, 0.29) is 0 Å². The topological polar surface area (TPSA) is 27.6 Å². The first kappa shape index (κ1) is 13.8. The Balaban J connectivity index is 2.04. The molecular formula is C12H25N3S. The second kappa shape index (κ2) is 7.17. The summed E-state index contributed by atoms with van der Waals surface area (Å²) in [7, 11) is 2.19. The van der Waals surface area contributed by atoms with Gasteiger partial charge in [-0.2, -0.15) is 0 Å². The van der Waals surface area contributed by atoms with Gasteiger partial charge in [-0.15, -0.1) is 0 Å². The average molecular weight is 243 g/mol. The standard InChI is InChI=1S/C12H25N3S/c1-10(2)15(4)8-6-5-7-13-12-14-11(3)9-16-12/h10-11H,5-9H2,1-4H3,(H,13,14). The van der Waals surface area contributed by atoms with Crippen molar-refractivity contribution in [3.05, 3.63) is 0 Å². The highest BCUT2D eigenvalue weighted by Gasteiger charge is 2.14. The Kier molecular flexibility index (Phi) is 6.21. The number of rotatable bonds is 6. The van der Waals surface area contributed by atoms with E-state index in [1.807, 2.05) is 11.8 Å². The van der Waals surface area contributed by atoms with Crippen LogP contribution in [0, 0.1) is 0 Å². The van der Waals surface area contributed by atoms with E-state index in [0.717, 1.165) is 17.5 Å². The molecule has 1 unspecified atom stereocenters. The Morgan fingerprint density at radius 1 is 1.50 bits per heavy atom. The first-order chi connectivity index (χ1) is 7.59. The molecule has 16 heavy (non-hydrogen) atoms. The van der Waals surface area contributed by atoms with Gasteiger partial charge in [0.05, 0.1) is 0 Å². The van der Waals surface area contributed by atoms with Gasteiger partial charge in [0.25, 0.3) is 0 Å². The van der Waals surface area contributed by atoms with Crippen LogP contribution in [0.15, 0.2) is 4.99 Å². The number of hydrogen-bond acceptors (Lipinski definition) is 3. The maximum Gasteiger partial charge on any atom is 0.156 e. The molecule has 1 saturated heterocycles. The van der Waals surface area contributed by atoms with Crippen LogP contribution in [0.1, 0.15) is 33.6 Å². The molecule has 1 aliphatic rings. The first-order valence-corrected chi connectivity index (χ1v) is 7.22. The lowest BCUT2D eigenvalue weighted by Crippen LogP contribution is -2.27. The van der Waals surface area contributed by atoms with E-state index in [9.17, 15) is 0 Å². The van der Waals surface area contributed by atoms with Crippen molar-refractivity contribution < 1.29 is 0 Å². The summed E-state index contributed by atoms with van der Waals surface area (Å²) in [5.41, 5.74) is 0. The van der Waals surface area contributed by atoms with Gasteiger partial charge in [-0.1, -0.05) is 11.8 Å². The summed E-state index contributed by atoms with van der Waals surface area (Å²) in [6.07, 6.45) is 2.43. The van der Waals surface area contributed by atoms with Crippen LogP contribution in [0.25, 0.3) is 0 Å². The predicted octanol–water partition coefficient (Wildman–Crippen LogP) is 2.19. The maximum absolute atomic E-state index is 4.57. The van der Waals surface area contributed by atoms with Crippen molar-refractivity contribution in [3.63, 3.8) is 0 Å². The number of aliphatic imine (C=N–C) groups is 1. The molecule has 0 aliphatic carbocycles. The number of thioether (sulfide) groups is 1. The van der Waals surface area contributed by atoms with E-state index < -0.39 is 0 Å².